The lowest BCUT2D eigenvalue weighted by Crippen LogP contribution is -1.99. The van der Waals surface area contributed by atoms with Crippen molar-refractivity contribution in [1.29, 1.82) is 0 Å². The van der Waals surface area contributed by atoms with E-state index in [2.05, 4.69) is 122 Å². The Labute approximate surface area is 178 Å². The molecule has 0 atom stereocenters. The predicted molar refractivity (Wildman–Crippen MR) is 122 cm³/mol. The SMILES string of the molecule is Cc1cc(I)ccc1N=Cc1c(Br)c(C)n(-c2ccc(Br)cc2)c1C. The molecule has 0 radical (unpaired) electrons. The molecule has 0 unspecified atom stereocenters. The van der Waals surface area contributed by atoms with Crippen LogP contribution in [0.25, 0.3) is 5.69 Å². The maximum Gasteiger partial charge on any atom is 0.0659 e. The second-order valence-corrected chi connectivity index (χ2v) is 8.85. The minimum absolute atomic E-state index is 1.00. The molecule has 5 heteroatoms. The average Bonchev–Trinajstić information content (AvgIpc) is 2.78. The van der Waals surface area contributed by atoms with Gasteiger partial charge in [0, 0.05) is 41.4 Å². The fourth-order valence-corrected chi connectivity index (χ4v) is 4.33. The largest absolute Gasteiger partial charge is 0.317 e. The number of halogens is 3. The van der Waals surface area contributed by atoms with Crippen LogP contribution < -0.4 is 0 Å². The van der Waals surface area contributed by atoms with Crippen LogP contribution in [0.5, 0.6) is 0 Å². The second-order valence-electron chi connectivity index (χ2n) is 5.90. The molecule has 2 nitrogen and oxygen atoms in total. The van der Waals surface area contributed by atoms with Crippen molar-refractivity contribution in [3.63, 3.8) is 0 Å². The molecule has 3 rings (SSSR count). The van der Waals surface area contributed by atoms with Gasteiger partial charge in [0.25, 0.3) is 0 Å². The van der Waals surface area contributed by atoms with Gasteiger partial charge in [0.05, 0.1) is 5.69 Å². The fourth-order valence-electron chi connectivity index (χ4n) is 2.85. The highest BCUT2D eigenvalue weighted by Gasteiger charge is 2.15. The van der Waals surface area contributed by atoms with Crippen molar-refractivity contribution in [3.8, 4) is 5.69 Å². The summed E-state index contributed by atoms with van der Waals surface area (Å²) in [6.45, 7) is 6.34. The topological polar surface area (TPSA) is 17.3 Å². The van der Waals surface area contributed by atoms with Crippen LogP contribution in [0.4, 0.5) is 5.69 Å². The Morgan fingerprint density at radius 3 is 2.28 bits per heavy atom. The molecule has 25 heavy (non-hydrogen) atoms. The minimum Gasteiger partial charge on any atom is -0.317 e. The number of aromatic nitrogens is 1. The van der Waals surface area contributed by atoms with Gasteiger partial charge in [0.1, 0.15) is 0 Å². The first-order chi connectivity index (χ1) is 11.9. The Hall–Kier alpha value is -0.920. The average molecular weight is 572 g/mol. The molecule has 0 bridgehead atoms. The molecule has 0 amide bonds. The van der Waals surface area contributed by atoms with Gasteiger partial charge >= 0.3 is 0 Å². The van der Waals surface area contributed by atoms with E-state index in [4.69, 9.17) is 4.99 Å². The van der Waals surface area contributed by atoms with Crippen LogP contribution in [0.1, 0.15) is 22.5 Å². The summed E-state index contributed by atoms with van der Waals surface area (Å²) in [4.78, 5) is 4.72. The summed E-state index contributed by atoms with van der Waals surface area (Å²) >= 11 is 9.56. The Morgan fingerprint density at radius 1 is 0.960 bits per heavy atom. The number of aliphatic imine (C=N–C) groups is 1. The number of rotatable bonds is 3. The lowest BCUT2D eigenvalue weighted by Gasteiger charge is -2.09. The molecule has 2 aromatic carbocycles. The summed E-state index contributed by atoms with van der Waals surface area (Å²) in [7, 11) is 0. The summed E-state index contributed by atoms with van der Waals surface area (Å²) in [5.74, 6) is 0. The number of hydrogen-bond donors (Lipinski definition) is 0. The van der Waals surface area contributed by atoms with E-state index in [0.717, 1.165) is 25.9 Å². The van der Waals surface area contributed by atoms with E-state index in [0.29, 0.717) is 0 Å². The van der Waals surface area contributed by atoms with Gasteiger partial charge in [-0.3, -0.25) is 4.99 Å². The Morgan fingerprint density at radius 2 is 1.64 bits per heavy atom. The lowest BCUT2D eigenvalue weighted by molar-refractivity contribution is 0.962. The van der Waals surface area contributed by atoms with E-state index >= 15 is 0 Å². The number of hydrogen-bond acceptors (Lipinski definition) is 1. The molecule has 128 valence electrons. The van der Waals surface area contributed by atoms with Gasteiger partial charge in [-0.05, 0) is 107 Å². The first-order valence-corrected chi connectivity index (χ1v) is 10.5. The molecule has 0 aliphatic carbocycles. The molecule has 0 saturated carbocycles. The smallest absolute Gasteiger partial charge is 0.0659 e. The second kappa shape index (κ2) is 7.76. The monoisotopic (exact) mass is 570 g/mol. The summed E-state index contributed by atoms with van der Waals surface area (Å²) in [5.41, 5.74) is 6.77. The molecule has 1 aromatic heterocycles. The van der Waals surface area contributed by atoms with Gasteiger partial charge in [0.2, 0.25) is 0 Å². The predicted octanol–water partition coefficient (Wildman–Crippen LogP) is 7.28. The minimum atomic E-state index is 1.00. The highest BCUT2D eigenvalue weighted by atomic mass is 127. The molecular formula is C20H17Br2IN2. The highest BCUT2D eigenvalue weighted by Crippen LogP contribution is 2.31. The highest BCUT2D eigenvalue weighted by molar-refractivity contribution is 14.1. The zero-order chi connectivity index (χ0) is 18.1. The Balaban J connectivity index is 2.04. The summed E-state index contributed by atoms with van der Waals surface area (Å²) in [5, 5.41) is 0. The molecular weight excluding hydrogens is 555 g/mol. The van der Waals surface area contributed by atoms with Gasteiger partial charge in [-0.25, -0.2) is 0 Å². The Bertz CT molecular complexity index is 957. The maximum absolute atomic E-state index is 4.72. The first kappa shape index (κ1) is 18.9. The number of aryl methyl sites for hydroxylation is 1. The van der Waals surface area contributed by atoms with E-state index in [1.807, 2.05) is 6.21 Å². The van der Waals surface area contributed by atoms with Gasteiger partial charge < -0.3 is 4.57 Å². The number of nitrogens with zero attached hydrogens (tertiary/aromatic N) is 2. The zero-order valence-electron chi connectivity index (χ0n) is 14.1. The summed E-state index contributed by atoms with van der Waals surface area (Å²) in [6, 6.07) is 14.6. The standard InChI is InChI=1S/C20H17Br2IN2/c1-12-10-16(23)6-9-19(12)24-11-18-13(2)25(14(3)20(18)22)17-7-4-15(21)5-8-17/h4-11H,1-3H3. The summed E-state index contributed by atoms with van der Waals surface area (Å²) in [6.07, 6.45) is 1.96. The normalized spacial score (nSPS) is 11.4. The molecule has 0 spiro atoms. The van der Waals surface area contributed by atoms with Crippen molar-refractivity contribution in [3.05, 3.63) is 77.5 Å². The molecule has 0 aliphatic rings. The fraction of sp³-hybridized carbons (Fsp3) is 0.150. The van der Waals surface area contributed by atoms with E-state index in [1.165, 1.54) is 20.5 Å². The van der Waals surface area contributed by atoms with Gasteiger partial charge in [-0.2, -0.15) is 0 Å². The van der Waals surface area contributed by atoms with Crippen LogP contribution in [0.2, 0.25) is 0 Å². The van der Waals surface area contributed by atoms with Crippen molar-refractivity contribution in [1.82, 2.24) is 4.57 Å². The maximum atomic E-state index is 4.72. The molecule has 1 heterocycles. The third-order valence-corrected chi connectivity index (χ3v) is 6.39. The molecule has 3 aromatic rings. The van der Waals surface area contributed by atoms with Crippen LogP contribution in [0.15, 0.2) is 56.4 Å². The van der Waals surface area contributed by atoms with Crippen LogP contribution in [-0.2, 0) is 0 Å². The molecule has 0 fully saturated rings. The third kappa shape index (κ3) is 3.93. The van der Waals surface area contributed by atoms with Crippen LogP contribution in [0.3, 0.4) is 0 Å². The van der Waals surface area contributed by atoms with Crippen molar-refractivity contribution < 1.29 is 0 Å². The lowest BCUT2D eigenvalue weighted by atomic mass is 10.2. The van der Waals surface area contributed by atoms with E-state index in [9.17, 15) is 0 Å². The van der Waals surface area contributed by atoms with Gasteiger partial charge in [-0.15, -0.1) is 0 Å². The van der Waals surface area contributed by atoms with Crippen LogP contribution >= 0.6 is 54.5 Å². The van der Waals surface area contributed by atoms with E-state index in [-0.39, 0.29) is 0 Å². The molecule has 0 saturated heterocycles. The van der Waals surface area contributed by atoms with Gasteiger partial charge in [-0.1, -0.05) is 15.9 Å². The van der Waals surface area contributed by atoms with Crippen molar-refractivity contribution in [2.24, 2.45) is 4.99 Å². The summed E-state index contributed by atoms with van der Waals surface area (Å²) < 4.78 is 5.63. The molecule has 0 N–H and O–H groups in total. The van der Waals surface area contributed by atoms with Crippen molar-refractivity contribution >= 4 is 66.4 Å². The van der Waals surface area contributed by atoms with Crippen molar-refractivity contribution in [2.75, 3.05) is 0 Å². The van der Waals surface area contributed by atoms with Gasteiger partial charge in [0.15, 0.2) is 0 Å². The van der Waals surface area contributed by atoms with Crippen LogP contribution in [0, 0.1) is 24.3 Å². The third-order valence-electron chi connectivity index (χ3n) is 4.19. The van der Waals surface area contributed by atoms with Crippen molar-refractivity contribution in [2.45, 2.75) is 20.8 Å². The Kier molecular flexibility index (Phi) is 5.85. The van der Waals surface area contributed by atoms with E-state index in [1.54, 1.807) is 0 Å². The zero-order valence-corrected chi connectivity index (χ0v) is 19.5. The van der Waals surface area contributed by atoms with E-state index < -0.39 is 0 Å². The molecule has 0 aliphatic heterocycles. The number of benzene rings is 2. The van der Waals surface area contributed by atoms with Crippen LogP contribution in [-0.4, -0.2) is 10.8 Å². The first-order valence-electron chi connectivity index (χ1n) is 7.82. The quantitative estimate of drug-likeness (QED) is 0.232.